The zero-order valence-corrected chi connectivity index (χ0v) is 17.5. The normalized spacial score (nSPS) is 11.1. The van der Waals surface area contributed by atoms with Crippen LogP contribution in [0.2, 0.25) is 0 Å². The number of imidazole rings is 1. The lowest BCUT2D eigenvalue weighted by atomic mass is 10.3. The van der Waals surface area contributed by atoms with Crippen LogP contribution in [0.15, 0.2) is 42.3 Å². The molecule has 0 aliphatic rings. The van der Waals surface area contributed by atoms with Crippen LogP contribution in [0.1, 0.15) is 5.69 Å². The molecule has 0 saturated heterocycles. The molecular formula is C14H10Br4N4. The first-order valence-corrected chi connectivity index (χ1v) is 9.60. The van der Waals surface area contributed by atoms with Crippen LogP contribution in [0, 0.1) is 0 Å². The SMILES string of the molecule is Brc1c(Br)c(Br)c2[nH]c(NCCc3ccccn3)nc2c1Br. The fourth-order valence-electron chi connectivity index (χ4n) is 2.04. The van der Waals surface area contributed by atoms with Gasteiger partial charge in [0.15, 0.2) is 0 Å². The van der Waals surface area contributed by atoms with E-state index in [4.69, 9.17) is 0 Å². The molecule has 1 aromatic carbocycles. The van der Waals surface area contributed by atoms with E-state index in [9.17, 15) is 0 Å². The smallest absolute Gasteiger partial charge is 0.201 e. The topological polar surface area (TPSA) is 53.6 Å². The Hall–Kier alpha value is -0.440. The number of hydrogen-bond acceptors (Lipinski definition) is 3. The van der Waals surface area contributed by atoms with Crippen molar-refractivity contribution in [3.05, 3.63) is 48.0 Å². The molecule has 0 spiro atoms. The van der Waals surface area contributed by atoms with Crippen LogP contribution in [-0.2, 0) is 6.42 Å². The van der Waals surface area contributed by atoms with Crippen molar-refractivity contribution in [3.8, 4) is 0 Å². The van der Waals surface area contributed by atoms with Crippen LogP contribution in [0.3, 0.4) is 0 Å². The number of benzene rings is 1. The molecular weight excluding hydrogens is 544 g/mol. The summed E-state index contributed by atoms with van der Waals surface area (Å²) >= 11 is 14.2. The lowest BCUT2D eigenvalue weighted by Crippen LogP contribution is -2.06. The van der Waals surface area contributed by atoms with Gasteiger partial charge in [0.25, 0.3) is 0 Å². The van der Waals surface area contributed by atoms with Crippen LogP contribution < -0.4 is 5.32 Å². The summed E-state index contributed by atoms with van der Waals surface area (Å²) in [4.78, 5) is 12.2. The first-order chi connectivity index (χ1) is 10.6. The number of rotatable bonds is 4. The summed E-state index contributed by atoms with van der Waals surface area (Å²) < 4.78 is 3.71. The highest BCUT2D eigenvalue weighted by molar-refractivity contribution is 9.15. The van der Waals surface area contributed by atoms with Crippen LogP contribution in [0.25, 0.3) is 11.0 Å². The Morgan fingerprint density at radius 3 is 2.50 bits per heavy atom. The van der Waals surface area contributed by atoms with Gasteiger partial charge < -0.3 is 10.3 Å². The fraction of sp³-hybridized carbons (Fsp3) is 0.143. The molecule has 4 nitrogen and oxygen atoms in total. The second-order valence-corrected chi connectivity index (χ2v) is 7.73. The van der Waals surface area contributed by atoms with Crippen molar-refractivity contribution in [1.82, 2.24) is 15.0 Å². The van der Waals surface area contributed by atoms with E-state index >= 15 is 0 Å². The molecule has 0 atom stereocenters. The third-order valence-corrected chi connectivity index (χ3v) is 7.86. The van der Waals surface area contributed by atoms with Gasteiger partial charge in [-0.1, -0.05) is 6.07 Å². The molecule has 2 heterocycles. The predicted molar refractivity (Wildman–Crippen MR) is 103 cm³/mol. The number of nitrogens with zero attached hydrogens (tertiary/aromatic N) is 2. The number of H-pyrrole nitrogens is 1. The minimum Gasteiger partial charge on any atom is -0.355 e. The van der Waals surface area contributed by atoms with Crippen molar-refractivity contribution in [1.29, 1.82) is 0 Å². The van der Waals surface area contributed by atoms with Crippen LogP contribution >= 0.6 is 63.7 Å². The third-order valence-electron chi connectivity index (χ3n) is 3.11. The number of anilines is 1. The van der Waals surface area contributed by atoms with E-state index in [1.54, 1.807) is 6.20 Å². The van der Waals surface area contributed by atoms with Crippen molar-refractivity contribution in [2.24, 2.45) is 0 Å². The van der Waals surface area contributed by atoms with Crippen molar-refractivity contribution < 1.29 is 0 Å². The van der Waals surface area contributed by atoms with Crippen molar-refractivity contribution in [3.63, 3.8) is 0 Å². The third kappa shape index (κ3) is 3.25. The maximum absolute atomic E-state index is 4.59. The lowest BCUT2D eigenvalue weighted by Gasteiger charge is -2.03. The number of nitrogens with one attached hydrogen (secondary N) is 2. The van der Waals surface area contributed by atoms with Gasteiger partial charge in [0.2, 0.25) is 5.95 Å². The minimum atomic E-state index is 0.734. The summed E-state index contributed by atoms with van der Waals surface area (Å²) in [5, 5.41) is 3.30. The second-order valence-electron chi connectivity index (χ2n) is 4.56. The molecule has 114 valence electrons. The molecule has 22 heavy (non-hydrogen) atoms. The highest BCUT2D eigenvalue weighted by Gasteiger charge is 2.17. The zero-order chi connectivity index (χ0) is 15.7. The quantitative estimate of drug-likeness (QED) is 0.324. The highest BCUT2D eigenvalue weighted by Crippen LogP contribution is 2.42. The minimum absolute atomic E-state index is 0.734. The van der Waals surface area contributed by atoms with Crippen molar-refractivity contribution >= 4 is 80.7 Å². The fourth-order valence-corrected chi connectivity index (χ4v) is 4.32. The first kappa shape index (κ1) is 16.4. The Kier molecular flexibility index (Phi) is 5.21. The summed E-state index contributed by atoms with van der Waals surface area (Å²) in [6.45, 7) is 0.758. The summed E-state index contributed by atoms with van der Waals surface area (Å²) in [5.74, 6) is 0.734. The molecule has 3 rings (SSSR count). The maximum Gasteiger partial charge on any atom is 0.201 e. The number of fused-ring (bicyclic) bond motifs is 1. The number of halogens is 4. The van der Waals surface area contributed by atoms with E-state index in [-0.39, 0.29) is 0 Å². The molecule has 0 unspecified atom stereocenters. The van der Waals surface area contributed by atoms with E-state index in [0.717, 1.165) is 53.5 Å². The maximum atomic E-state index is 4.59. The summed E-state index contributed by atoms with van der Waals surface area (Å²) in [6.07, 6.45) is 2.65. The molecule has 0 saturated carbocycles. The molecule has 0 amide bonds. The van der Waals surface area contributed by atoms with E-state index < -0.39 is 0 Å². The second kappa shape index (κ2) is 6.98. The largest absolute Gasteiger partial charge is 0.355 e. The van der Waals surface area contributed by atoms with E-state index in [1.807, 2.05) is 18.2 Å². The lowest BCUT2D eigenvalue weighted by molar-refractivity contribution is 0.950. The van der Waals surface area contributed by atoms with Gasteiger partial charge in [-0.05, 0) is 75.9 Å². The van der Waals surface area contributed by atoms with Gasteiger partial charge in [-0.15, -0.1) is 0 Å². The number of hydrogen-bond donors (Lipinski definition) is 2. The van der Waals surface area contributed by atoms with E-state index in [1.165, 1.54) is 0 Å². The number of aromatic nitrogens is 3. The van der Waals surface area contributed by atoms with Gasteiger partial charge in [-0.25, -0.2) is 4.98 Å². The highest BCUT2D eigenvalue weighted by atomic mass is 79.9. The molecule has 0 bridgehead atoms. The Labute approximate surface area is 161 Å². The monoisotopic (exact) mass is 550 g/mol. The van der Waals surface area contributed by atoms with Gasteiger partial charge >= 0.3 is 0 Å². The molecule has 0 radical (unpaired) electrons. The van der Waals surface area contributed by atoms with Gasteiger partial charge in [0.05, 0.1) is 14.5 Å². The Morgan fingerprint density at radius 1 is 1.00 bits per heavy atom. The standard InChI is InChI=1S/C14H10Br4N4/c15-8-9(16)11(18)13-12(10(8)17)21-14(22-13)20-6-4-7-3-1-2-5-19-7/h1-3,5H,4,6H2,(H2,20,21,22). The average Bonchev–Trinajstić information content (AvgIpc) is 2.96. The summed E-state index contributed by atoms with van der Waals surface area (Å²) in [7, 11) is 0. The molecule has 8 heteroatoms. The molecule has 2 aromatic heterocycles. The van der Waals surface area contributed by atoms with Crippen LogP contribution in [0.5, 0.6) is 0 Å². The van der Waals surface area contributed by atoms with Gasteiger partial charge in [-0.2, -0.15) is 0 Å². The van der Waals surface area contributed by atoms with Gasteiger partial charge in [0, 0.05) is 33.8 Å². The van der Waals surface area contributed by atoms with Gasteiger partial charge in [0.1, 0.15) is 5.52 Å². The molecule has 2 N–H and O–H groups in total. The first-order valence-electron chi connectivity index (χ1n) is 6.43. The predicted octanol–water partition coefficient (Wildman–Crippen LogP) is 5.66. The van der Waals surface area contributed by atoms with Crippen LogP contribution in [-0.4, -0.2) is 21.5 Å². The van der Waals surface area contributed by atoms with Crippen molar-refractivity contribution in [2.45, 2.75) is 6.42 Å². The Bertz CT molecular complexity index is 772. The van der Waals surface area contributed by atoms with Crippen LogP contribution in [0.4, 0.5) is 5.95 Å². The molecule has 3 aromatic rings. The summed E-state index contributed by atoms with van der Waals surface area (Å²) in [5.41, 5.74) is 2.85. The molecule has 0 fully saturated rings. The number of pyridine rings is 1. The Balaban J connectivity index is 1.81. The number of aromatic amines is 1. The van der Waals surface area contributed by atoms with Gasteiger partial charge in [-0.3, -0.25) is 4.98 Å². The van der Waals surface area contributed by atoms with E-state index in [2.05, 4.69) is 84.0 Å². The zero-order valence-electron chi connectivity index (χ0n) is 11.1. The summed E-state index contributed by atoms with van der Waals surface area (Å²) in [6, 6.07) is 5.93. The molecule has 0 aliphatic carbocycles. The van der Waals surface area contributed by atoms with E-state index in [0.29, 0.717) is 0 Å². The Morgan fingerprint density at radius 2 is 1.77 bits per heavy atom. The molecule has 0 aliphatic heterocycles. The van der Waals surface area contributed by atoms with Crippen molar-refractivity contribution in [2.75, 3.05) is 11.9 Å². The average molecular weight is 554 g/mol.